The highest BCUT2D eigenvalue weighted by atomic mass is 16.5. The summed E-state index contributed by atoms with van der Waals surface area (Å²) in [5, 5.41) is 0. The van der Waals surface area contributed by atoms with Gasteiger partial charge in [0.2, 0.25) is 0 Å². The van der Waals surface area contributed by atoms with Crippen LogP contribution in [-0.2, 0) is 11.3 Å². The van der Waals surface area contributed by atoms with Gasteiger partial charge in [-0.25, -0.2) is 0 Å². The van der Waals surface area contributed by atoms with E-state index in [1.54, 1.807) is 0 Å². The van der Waals surface area contributed by atoms with E-state index in [1.807, 2.05) is 0 Å². The van der Waals surface area contributed by atoms with Gasteiger partial charge < -0.3 is 10.5 Å². The van der Waals surface area contributed by atoms with Crippen molar-refractivity contribution >= 4 is 0 Å². The number of likely N-dealkylation sites (N-methyl/N-ethyl adjacent to an activating group) is 1. The number of hydrogen-bond acceptors (Lipinski definition) is 3. The van der Waals surface area contributed by atoms with Gasteiger partial charge in [-0.3, -0.25) is 4.90 Å². The number of ether oxygens (including phenoxy) is 1. The van der Waals surface area contributed by atoms with Crippen LogP contribution in [0.15, 0.2) is 30.3 Å². The van der Waals surface area contributed by atoms with Crippen LogP contribution in [-0.4, -0.2) is 38.3 Å². The average molecular weight is 264 g/mol. The maximum Gasteiger partial charge on any atom is 0.0593 e. The van der Waals surface area contributed by atoms with Crippen molar-refractivity contribution in [1.29, 1.82) is 0 Å². The van der Waals surface area contributed by atoms with Crippen LogP contribution in [0, 0.1) is 0 Å². The van der Waals surface area contributed by atoms with Gasteiger partial charge in [0.15, 0.2) is 0 Å². The third-order valence-corrected chi connectivity index (χ3v) is 3.16. The van der Waals surface area contributed by atoms with Crippen molar-refractivity contribution in [3.63, 3.8) is 0 Å². The molecule has 0 aliphatic carbocycles. The van der Waals surface area contributed by atoms with Crippen molar-refractivity contribution in [1.82, 2.24) is 4.90 Å². The lowest BCUT2D eigenvalue weighted by atomic mass is 10.2. The molecule has 0 spiro atoms. The lowest BCUT2D eigenvalue weighted by molar-refractivity contribution is 0.106. The normalized spacial score (nSPS) is 11.1. The second-order valence-electron chi connectivity index (χ2n) is 5.04. The van der Waals surface area contributed by atoms with Crippen molar-refractivity contribution in [2.45, 2.75) is 32.2 Å². The van der Waals surface area contributed by atoms with Gasteiger partial charge in [-0.15, -0.1) is 0 Å². The summed E-state index contributed by atoms with van der Waals surface area (Å²) < 4.78 is 5.65. The molecule has 0 radical (unpaired) electrons. The Morgan fingerprint density at radius 2 is 1.74 bits per heavy atom. The second kappa shape index (κ2) is 11.0. The molecule has 0 atom stereocenters. The van der Waals surface area contributed by atoms with E-state index >= 15 is 0 Å². The highest BCUT2D eigenvalue weighted by molar-refractivity contribution is 5.14. The van der Waals surface area contributed by atoms with Crippen LogP contribution in [0.5, 0.6) is 0 Å². The van der Waals surface area contributed by atoms with E-state index in [1.165, 1.54) is 18.4 Å². The zero-order valence-corrected chi connectivity index (χ0v) is 12.2. The predicted octanol–water partition coefficient (Wildman–Crippen LogP) is 2.65. The molecule has 0 unspecified atom stereocenters. The standard InChI is InChI=1S/C16H28N2O/c1-18(15-16-9-5-4-6-10-16)12-14-19-13-8-3-2-7-11-17/h4-6,9-10H,2-3,7-8,11-15,17H2,1H3. The van der Waals surface area contributed by atoms with Crippen LogP contribution >= 0.6 is 0 Å². The molecule has 0 aliphatic heterocycles. The van der Waals surface area contributed by atoms with Gasteiger partial charge in [-0.2, -0.15) is 0 Å². The Morgan fingerprint density at radius 1 is 1.00 bits per heavy atom. The minimum atomic E-state index is 0.811. The van der Waals surface area contributed by atoms with Gasteiger partial charge in [0.25, 0.3) is 0 Å². The summed E-state index contributed by atoms with van der Waals surface area (Å²) in [6, 6.07) is 10.5. The predicted molar refractivity (Wildman–Crippen MR) is 81.1 cm³/mol. The topological polar surface area (TPSA) is 38.5 Å². The molecule has 3 heteroatoms. The maximum atomic E-state index is 5.65. The largest absolute Gasteiger partial charge is 0.380 e. The fourth-order valence-corrected chi connectivity index (χ4v) is 2.00. The molecule has 0 aromatic heterocycles. The first-order valence-electron chi connectivity index (χ1n) is 7.33. The molecule has 1 rings (SSSR count). The molecule has 3 nitrogen and oxygen atoms in total. The Balaban J connectivity index is 1.94. The fourth-order valence-electron chi connectivity index (χ4n) is 2.00. The Hall–Kier alpha value is -0.900. The van der Waals surface area contributed by atoms with Crippen molar-refractivity contribution in [3.05, 3.63) is 35.9 Å². The Morgan fingerprint density at radius 3 is 2.47 bits per heavy atom. The summed E-state index contributed by atoms with van der Waals surface area (Å²) in [6.45, 7) is 4.48. The van der Waals surface area contributed by atoms with Crippen molar-refractivity contribution in [3.8, 4) is 0 Å². The molecule has 1 aromatic carbocycles. The first-order chi connectivity index (χ1) is 9.33. The summed E-state index contributed by atoms with van der Waals surface area (Å²) >= 11 is 0. The van der Waals surface area contributed by atoms with Gasteiger partial charge in [-0.1, -0.05) is 43.2 Å². The van der Waals surface area contributed by atoms with E-state index in [4.69, 9.17) is 10.5 Å². The summed E-state index contributed by atoms with van der Waals surface area (Å²) in [6.07, 6.45) is 4.76. The Kier molecular flexibility index (Phi) is 9.33. The molecule has 2 N–H and O–H groups in total. The number of nitrogens with zero attached hydrogens (tertiary/aromatic N) is 1. The minimum Gasteiger partial charge on any atom is -0.380 e. The van der Waals surface area contributed by atoms with Crippen LogP contribution in [0.4, 0.5) is 0 Å². The average Bonchev–Trinajstić information content (AvgIpc) is 2.43. The van der Waals surface area contributed by atoms with Gasteiger partial charge in [0.05, 0.1) is 6.61 Å². The van der Waals surface area contributed by atoms with Crippen molar-refractivity contribution in [2.75, 3.05) is 33.4 Å². The smallest absolute Gasteiger partial charge is 0.0593 e. The zero-order valence-electron chi connectivity index (χ0n) is 12.2. The molecule has 1 aromatic rings. The van der Waals surface area contributed by atoms with E-state index in [2.05, 4.69) is 42.3 Å². The Labute approximate surface area is 117 Å². The summed E-state index contributed by atoms with van der Waals surface area (Å²) in [7, 11) is 2.14. The molecule has 19 heavy (non-hydrogen) atoms. The summed E-state index contributed by atoms with van der Waals surface area (Å²) in [4.78, 5) is 2.30. The molecule has 0 fully saturated rings. The molecule has 0 saturated carbocycles. The van der Waals surface area contributed by atoms with E-state index in [0.29, 0.717) is 0 Å². The quantitative estimate of drug-likeness (QED) is 0.624. The summed E-state index contributed by atoms with van der Waals surface area (Å²) in [5.74, 6) is 0. The number of hydrogen-bond donors (Lipinski definition) is 1. The number of nitrogens with two attached hydrogens (primary N) is 1. The highest BCUT2D eigenvalue weighted by Crippen LogP contribution is 2.02. The van der Waals surface area contributed by atoms with Gasteiger partial charge in [-0.05, 0) is 32.0 Å². The molecular weight excluding hydrogens is 236 g/mol. The van der Waals surface area contributed by atoms with Crippen LogP contribution in [0.1, 0.15) is 31.2 Å². The molecule has 108 valence electrons. The van der Waals surface area contributed by atoms with E-state index < -0.39 is 0 Å². The van der Waals surface area contributed by atoms with Crippen LogP contribution in [0.2, 0.25) is 0 Å². The minimum absolute atomic E-state index is 0.811. The third kappa shape index (κ3) is 8.76. The van der Waals surface area contributed by atoms with Gasteiger partial charge >= 0.3 is 0 Å². The second-order valence-corrected chi connectivity index (χ2v) is 5.04. The van der Waals surface area contributed by atoms with Crippen LogP contribution < -0.4 is 5.73 Å². The van der Waals surface area contributed by atoms with Crippen LogP contribution in [0.25, 0.3) is 0 Å². The van der Waals surface area contributed by atoms with Crippen LogP contribution in [0.3, 0.4) is 0 Å². The van der Waals surface area contributed by atoms with Crippen molar-refractivity contribution in [2.24, 2.45) is 5.73 Å². The number of unbranched alkanes of at least 4 members (excludes halogenated alkanes) is 3. The Bertz CT molecular complexity index is 303. The molecular formula is C16H28N2O. The monoisotopic (exact) mass is 264 g/mol. The lowest BCUT2D eigenvalue weighted by Crippen LogP contribution is -2.22. The maximum absolute atomic E-state index is 5.65. The number of benzene rings is 1. The zero-order chi connectivity index (χ0) is 13.8. The summed E-state index contributed by atoms with van der Waals surface area (Å²) in [5.41, 5.74) is 6.80. The number of rotatable bonds is 11. The van der Waals surface area contributed by atoms with Gasteiger partial charge in [0, 0.05) is 19.7 Å². The SMILES string of the molecule is CN(CCOCCCCCCN)Cc1ccccc1. The third-order valence-electron chi connectivity index (χ3n) is 3.16. The van der Waals surface area contributed by atoms with E-state index in [-0.39, 0.29) is 0 Å². The molecule has 0 aliphatic rings. The lowest BCUT2D eigenvalue weighted by Gasteiger charge is -2.16. The molecule has 0 bridgehead atoms. The fraction of sp³-hybridized carbons (Fsp3) is 0.625. The first kappa shape index (κ1) is 16.2. The van der Waals surface area contributed by atoms with E-state index in [0.717, 1.165) is 45.7 Å². The molecule has 0 amide bonds. The first-order valence-corrected chi connectivity index (χ1v) is 7.33. The van der Waals surface area contributed by atoms with Crippen molar-refractivity contribution < 1.29 is 4.74 Å². The van der Waals surface area contributed by atoms with E-state index in [9.17, 15) is 0 Å². The highest BCUT2D eigenvalue weighted by Gasteiger charge is 1.99. The molecule has 0 heterocycles. The van der Waals surface area contributed by atoms with Gasteiger partial charge in [0.1, 0.15) is 0 Å². The molecule has 0 saturated heterocycles.